The van der Waals surface area contributed by atoms with Gasteiger partial charge in [-0.2, -0.15) is 69.9 Å². The maximum atomic E-state index is 13.3. The van der Waals surface area contributed by atoms with Crippen LogP contribution in [0.1, 0.15) is 0 Å². The van der Waals surface area contributed by atoms with E-state index in [4.69, 9.17) is 4.55 Å². The molecule has 0 spiro atoms. The van der Waals surface area contributed by atoms with Crippen LogP contribution >= 0.6 is 0 Å². The summed E-state index contributed by atoms with van der Waals surface area (Å²) < 4.78 is 216. The standard InChI is InChI=1S/C7HF15O3S/c8-1(5(15,16)17,3(11,12)6(18,19)20)2(9,10)4(13,14)7(21,22)26(23,24)25/h(H,23,24,25). The van der Waals surface area contributed by atoms with Crippen molar-refractivity contribution in [2.24, 2.45) is 0 Å². The highest BCUT2D eigenvalue weighted by Crippen LogP contribution is 2.64. The molecule has 0 aliphatic heterocycles. The van der Waals surface area contributed by atoms with Crippen LogP contribution in [-0.2, 0) is 10.1 Å². The summed E-state index contributed by atoms with van der Waals surface area (Å²) in [5.41, 5.74) is -8.77. The minimum absolute atomic E-state index is 7.67. The summed E-state index contributed by atoms with van der Waals surface area (Å²) in [5.74, 6) is -25.7. The zero-order valence-electron chi connectivity index (χ0n) is 10.8. The molecule has 19 heteroatoms. The lowest BCUT2D eigenvalue weighted by Crippen LogP contribution is -2.77. The van der Waals surface area contributed by atoms with Crippen molar-refractivity contribution in [3.63, 3.8) is 0 Å². The minimum Gasteiger partial charge on any atom is -0.281 e. The van der Waals surface area contributed by atoms with Crippen molar-refractivity contribution in [2.75, 3.05) is 0 Å². The van der Waals surface area contributed by atoms with Crippen LogP contribution in [0.4, 0.5) is 65.9 Å². The molecule has 0 heterocycles. The number of alkyl halides is 15. The van der Waals surface area contributed by atoms with Crippen molar-refractivity contribution in [1.29, 1.82) is 0 Å². The Morgan fingerprint density at radius 3 is 1.00 bits per heavy atom. The third kappa shape index (κ3) is 2.85. The number of halogens is 15. The topological polar surface area (TPSA) is 54.4 Å². The molecule has 0 bridgehead atoms. The molecule has 0 aromatic heterocycles. The first-order chi connectivity index (χ1) is 10.8. The van der Waals surface area contributed by atoms with Crippen molar-refractivity contribution in [1.82, 2.24) is 0 Å². The quantitative estimate of drug-likeness (QED) is 0.505. The fraction of sp³-hybridized carbons (Fsp3) is 1.00. The Morgan fingerprint density at radius 1 is 0.500 bits per heavy atom. The highest BCUT2D eigenvalue weighted by molar-refractivity contribution is 7.87. The van der Waals surface area contributed by atoms with Gasteiger partial charge in [-0.15, -0.1) is 0 Å². The lowest BCUT2D eigenvalue weighted by molar-refractivity contribution is -0.454. The highest BCUT2D eigenvalue weighted by atomic mass is 32.2. The lowest BCUT2D eigenvalue weighted by atomic mass is 9.85. The predicted molar refractivity (Wildman–Crippen MR) is 47.3 cm³/mol. The molecule has 158 valence electrons. The second-order valence-electron chi connectivity index (χ2n) is 4.37. The highest BCUT2D eigenvalue weighted by Gasteiger charge is 2.97. The number of rotatable bonds is 5. The fourth-order valence-electron chi connectivity index (χ4n) is 1.31. The van der Waals surface area contributed by atoms with E-state index in [1.54, 1.807) is 0 Å². The second kappa shape index (κ2) is 5.68. The Kier molecular flexibility index (Phi) is 5.43. The Labute approximate surface area is 131 Å². The van der Waals surface area contributed by atoms with Crippen LogP contribution in [0.25, 0.3) is 0 Å². The monoisotopic (exact) mass is 450 g/mol. The molecule has 0 rings (SSSR count). The summed E-state index contributed by atoms with van der Waals surface area (Å²) in [6.07, 6.45) is -16.3. The van der Waals surface area contributed by atoms with Gasteiger partial charge in [0.05, 0.1) is 0 Å². The summed E-state index contributed by atoms with van der Waals surface area (Å²) in [6.45, 7) is 0. The molecule has 0 radical (unpaired) electrons. The molecule has 0 saturated carbocycles. The van der Waals surface area contributed by atoms with Gasteiger partial charge < -0.3 is 0 Å². The Balaban J connectivity index is 7.14. The van der Waals surface area contributed by atoms with Gasteiger partial charge in [0, 0.05) is 0 Å². The molecule has 0 aromatic rings. The number of hydrogen-bond donors (Lipinski definition) is 1. The first kappa shape index (κ1) is 24.9. The van der Waals surface area contributed by atoms with Crippen LogP contribution in [0.15, 0.2) is 0 Å². The minimum atomic E-state index is -8.77. The average Bonchev–Trinajstić information content (AvgIpc) is 2.32. The van der Waals surface area contributed by atoms with Crippen LogP contribution in [0.3, 0.4) is 0 Å². The normalized spacial score (nSPS) is 18.6. The molecule has 1 N–H and O–H groups in total. The van der Waals surface area contributed by atoms with E-state index in [0.29, 0.717) is 0 Å². The predicted octanol–water partition coefficient (Wildman–Crippen LogP) is 4.21. The van der Waals surface area contributed by atoms with Gasteiger partial charge in [0.1, 0.15) is 0 Å². The molecule has 1 atom stereocenters. The van der Waals surface area contributed by atoms with Gasteiger partial charge in [-0.1, -0.05) is 0 Å². The van der Waals surface area contributed by atoms with Gasteiger partial charge in [0.25, 0.3) is 0 Å². The third-order valence-electron chi connectivity index (χ3n) is 2.70. The smallest absolute Gasteiger partial charge is 0.281 e. The zero-order valence-corrected chi connectivity index (χ0v) is 11.7. The molecule has 1 unspecified atom stereocenters. The lowest BCUT2D eigenvalue weighted by Gasteiger charge is -2.43. The first-order valence-corrected chi connectivity index (χ1v) is 6.49. The molecule has 0 aromatic carbocycles. The summed E-state index contributed by atoms with van der Waals surface area (Å²) in [7, 11) is -7.85. The van der Waals surface area contributed by atoms with Crippen molar-refractivity contribution in [3.8, 4) is 0 Å². The van der Waals surface area contributed by atoms with Gasteiger partial charge >= 0.3 is 51.2 Å². The zero-order chi connectivity index (χ0) is 22.0. The van der Waals surface area contributed by atoms with Crippen LogP contribution < -0.4 is 0 Å². The van der Waals surface area contributed by atoms with Crippen molar-refractivity contribution in [2.45, 2.75) is 41.0 Å². The fourth-order valence-corrected chi connectivity index (χ4v) is 1.76. The van der Waals surface area contributed by atoms with E-state index in [-0.39, 0.29) is 0 Å². The van der Waals surface area contributed by atoms with Crippen LogP contribution in [0.2, 0.25) is 0 Å². The van der Waals surface area contributed by atoms with Crippen molar-refractivity contribution >= 4 is 10.1 Å². The van der Waals surface area contributed by atoms with Gasteiger partial charge in [-0.3, -0.25) is 4.55 Å². The summed E-state index contributed by atoms with van der Waals surface area (Å²) in [4.78, 5) is 0. The molecular formula is C7HF15O3S. The van der Waals surface area contributed by atoms with Crippen LogP contribution in [0, 0.1) is 0 Å². The molecule has 0 saturated heterocycles. The SMILES string of the molecule is O=S(=O)(O)C(F)(F)C(F)(F)C(F)(F)C(F)(C(F)(F)F)C(F)(F)C(F)(F)F. The summed E-state index contributed by atoms with van der Waals surface area (Å²) in [5, 5.41) is -7.81. The number of hydrogen-bond acceptors (Lipinski definition) is 2. The van der Waals surface area contributed by atoms with Crippen molar-refractivity contribution in [3.05, 3.63) is 0 Å². The van der Waals surface area contributed by atoms with Crippen molar-refractivity contribution < 1.29 is 78.8 Å². The van der Waals surface area contributed by atoms with E-state index in [2.05, 4.69) is 0 Å². The van der Waals surface area contributed by atoms with E-state index in [1.165, 1.54) is 0 Å². The van der Waals surface area contributed by atoms with E-state index < -0.39 is 51.2 Å². The average molecular weight is 450 g/mol. The van der Waals surface area contributed by atoms with Gasteiger partial charge in [0.15, 0.2) is 0 Å². The maximum absolute atomic E-state index is 13.3. The van der Waals surface area contributed by atoms with Crippen LogP contribution in [-0.4, -0.2) is 54.0 Å². The Morgan fingerprint density at radius 2 is 0.808 bits per heavy atom. The molecule has 0 aliphatic carbocycles. The van der Waals surface area contributed by atoms with Gasteiger partial charge in [0.2, 0.25) is 0 Å². The van der Waals surface area contributed by atoms with E-state index >= 15 is 0 Å². The Bertz CT molecular complexity index is 643. The molecule has 3 nitrogen and oxygen atoms in total. The van der Waals surface area contributed by atoms with Crippen LogP contribution in [0.5, 0.6) is 0 Å². The maximum Gasteiger partial charge on any atom is 0.457 e. The van der Waals surface area contributed by atoms with Gasteiger partial charge in [-0.05, 0) is 0 Å². The Hall–Kier alpha value is -1.14. The second-order valence-corrected chi connectivity index (χ2v) is 5.83. The molecule has 0 amide bonds. The molecule has 26 heavy (non-hydrogen) atoms. The van der Waals surface area contributed by atoms with E-state index in [9.17, 15) is 74.3 Å². The van der Waals surface area contributed by atoms with Gasteiger partial charge in [-0.25, -0.2) is 4.39 Å². The first-order valence-electron chi connectivity index (χ1n) is 5.05. The summed E-state index contributed by atoms with van der Waals surface area (Å²) in [6, 6.07) is 0. The molecule has 0 fully saturated rings. The molecular weight excluding hydrogens is 449 g/mol. The van der Waals surface area contributed by atoms with E-state index in [1.807, 2.05) is 0 Å². The molecule has 0 aliphatic rings. The summed E-state index contributed by atoms with van der Waals surface area (Å²) >= 11 is 0. The van der Waals surface area contributed by atoms with E-state index in [0.717, 1.165) is 0 Å². The largest absolute Gasteiger partial charge is 0.457 e. The third-order valence-corrected chi connectivity index (χ3v) is 3.60.